The summed E-state index contributed by atoms with van der Waals surface area (Å²) in [7, 11) is 0. The number of hydrogen-bond acceptors (Lipinski definition) is 6. The lowest BCUT2D eigenvalue weighted by Gasteiger charge is -2.13. The van der Waals surface area contributed by atoms with Gasteiger partial charge in [0.15, 0.2) is 11.5 Å². The van der Waals surface area contributed by atoms with Crippen molar-refractivity contribution < 1.29 is 28.0 Å². The molecule has 1 heterocycles. The molecule has 1 amide bonds. The van der Waals surface area contributed by atoms with Crippen molar-refractivity contribution in [2.75, 3.05) is 11.9 Å². The van der Waals surface area contributed by atoms with Gasteiger partial charge in [0.2, 0.25) is 5.91 Å². The molecule has 0 spiro atoms. The normalized spacial score (nSPS) is 10.7. The van der Waals surface area contributed by atoms with Gasteiger partial charge in [0, 0.05) is 11.8 Å². The fourth-order valence-electron chi connectivity index (χ4n) is 2.16. The summed E-state index contributed by atoms with van der Waals surface area (Å²) in [6.45, 7) is 0.104. The number of nitrogens with zero attached hydrogens (tertiary/aromatic N) is 3. The zero-order chi connectivity index (χ0) is 19.3. The quantitative estimate of drug-likeness (QED) is 0.565. The summed E-state index contributed by atoms with van der Waals surface area (Å²) in [4.78, 5) is 22.3. The third-order valence-corrected chi connectivity index (χ3v) is 3.31. The molecule has 1 aromatic carbocycles. The molecule has 0 aliphatic heterocycles. The first-order chi connectivity index (χ1) is 12.3. The lowest BCUT2D eigenvalue weighted by molar-refractivity contribution is -0.385. The Morgan fingerprint density at radius 2 is 2.15 bits per heavy atom. The average molecular weight is 370 g/mol. The van der Waals surface area contributed by atoms with Gasteiger partial charge in [0.1, 0.15) is 18.4 Å². The zero-order valence-corrected chi connectivity index (χ0v) is 13.9. The van der Waals surface area contributed by atoms with E-state index in [2.05, 4.69) is 15.2 Å². The highest BCUT2D eigenvalue weighted by Crippen LogP contribution is 2.31. The number of rotatable bonds is 8. The number of hydrogen-bond donors (Lipinski definition) is 1. The third-order valence-electron chi connectivity index (χ3n) is 3.31. The number of nitro groups is 1. The van der Waals surface area contributed by atoms with Crippen molar-refractivity contribution in [2.45, 2.75) is 27.0 Å². The number of nitrogens with one attached hydrogen (secondary N) is 1. The third kappa shape index (κ3) is 4.65. The van der Waals surface area contributed by atoms with Crippen molar-refractivity contribution >= 4 is 17.3 Å². The molecule has 0 radical (unpaired) electrons. The molecular weight excluding hydrogens is 354 g/mol. The predicted molar refractivity (Wildman–Crippen MR) is 86.5 cm³/mol. The van der Waals surface area contributed by atoms with Gasteiger partial charge in [-0.2, -0.15) is 13.9 Å². The lowest BCUT2D eigenvalue weighted by Crippen LogP contribution is -2.20. The van der Waals surface area contributed by atoms with Gasteiger partial charge in [-0.15, -0.1) is 0 Å². The number of benzene rings is 1. The molecule has 0 atom stereocenters. The van der Waals surface area contributed by atoms with Crippen LogP contribution in [0.15, 0.2) is 24.4 Å². The van der Waals surface area contributed by atoms with E-state index in [1.807, 2.05) is 0 Å². The second kappa shape index (κ2) is 8.23. The summed E-state index contributed by atoms with van der Waals surface area (Å²) in [6.07, 6.45) is 1.06. The molecule has 2 rings (SSSR count). The van der Waals surface area contributed by atoms with E-state index in [0.717, 1.165) is 6.20 Å². The average Bonchev–Trinajstić information content (AvgIpc) is 2.90. The van der Waals surface area contributed by atoms with Crippen LogP contribution in [0.1, 0.15) is 12.6 Å². The fraction of sp³-hybridized carbons (Fsp3) is 0.333. The topological polar surface area (TPSA) is 109 Å². The molecular formula is C15H16F2N4O5. The Bertz CT molecular complexity index is 809. The highest BCUT2D eigenvalue weighted by Gasteiger charge is 2.18. The van der Waals surface area contributed by atoms with Gasteiger partial charge in [0.25, 0.3) is 0 Å². The minimum Gasteiger partial charge on any atom is -0.490 e. The Labute approximate surface area is 146 Å². The summed E-state index contributed by atoms with van der Waals surface area (Å²) in [6, 6.07) is 3.96. The number of alkyl halides is 2. The first kappa shape index (κ1) is 19.1. The van der Waals surface area contributed by atoms with Crippen molar-refractivity contribution in [3.8, 4) is 11.5 Å². The van der Waals surface area contributed by atoms with Crippen LogP contribution >= 0.6 is 0 Å². The first-order valence-corrected chi connectivity index (χ1v) is 7.50. The Hall–Kier alpha value is -3.24. The Morgan fingerprint density at radius 3 is 2.73 bits per heavy atom. The van der Waals surface area contributed by atoms with E-state index in [1.165, 1.54) is 29.8 Å². The SMILES string of the molecule is CCOc1cc(NC(=O)Cn2ncc([N+](=O)[O-])c2C)ccc1OC(F)F. The molecule has 1 N–H and O–H groups in total. The molecule has 0 saturated heterocycles. The number of carbonyl (C=O) groups is 1. The van der Waals surface area contributed by atoms with Gasteiger partial charge < -0.3 is 14.8 Å². The molecule has 1 aromatic heterocycles. The highest BCUT2D eigenvalue weighted by molar-refractivity contribution is 5.91. The van der Waals surface area contributed by atoms with Gasteiger partial charge >= 0.3 is 12.3 Å². The molecule has 0 bridgehead atoms. The van der Waals surface area contributed by atoms with Crippen LogP contribution in [-0.2, 0) is 11.3 Å². The minimum absolute atomic E-state index is 0.0523. The van der Waals surface area contributed by atoms with E-state index >= 15 is 0 Å². The summed E-state index contributed by atoms with van der Waals surface area (Å²) in [5.41, 5.74) is 0.338. The largest absolute Gasteiger partial charge is 0.490 e. The van der Waals surface area contributed by atoms with E-state index in [-0.39, 0.29) is 36.0 Å². The summed E-state index contributed by atoms with van der Waals surface area (Å²) in [5.74, 6) is -0.606. The van der Waals surface area contributed by atoms with E-state index in [1.54, 1.807) is 6.92 Å². The second-order valence-corrected chi connectivity index (χ2v) is 5.05. The smallest absolute Gasteiger partial charge is 0.387 e. The standard InChI is InChI=1S/C15H16F2N4O5/c1-3-25-13-6-10(4-5-12(13)26-15(16)17)19-14(22)8-20-9(2)11(7-18-20)21(23)24/h4-7,15H,3,8H2,1-2H3,(H,19,22). The molecule has 140 valence electrons. The number of anilines is 1. The Balaban J connectivity index is 2.11. The zero-order valence-electron chi connectivity index (χ0n) is 13.9. The summed E-state index contributed by atoms with van der Waals surface area (Å²) < 4.78 is 35.5. The molecule has 2 aromatic rings. The maximum Gasteiger partial charge on any atom is 0.387 e. The lowest BCUT2D eigenvalue weighted by atomic mass is 10.2. The summed E-state index contributed by atoms with van der Waals surface area (Å²) in [5, 5.41) is 17.1. The van der Waals surface area contributed by atoms with Crippen LogP contribution in [0.5, 0.6) is 11.5 Å². The van der Waals surface area contributed by atoms with Crippen molar-refractivity contribution in [2.24, 2.45) is 0 Å². The van der Waals surface area contributed by atoms with Crippen LogP contribution in [0.4, 0.5) is 20.2 Å². The number of amides is 1. The highest BCUT2D eigenvalue weighted by atomic mass is 19.3. The van der Waals surface area contributed by atoms with Crippen LogP contribution in [0.2, 0.25) is 0 Å². The minimum atomic E-state index is -3.01. The van der Waals surface area contributed by atoms with Crippen LogP contribution in [-0.4, -0.2) is 33.8 Å². The monoisotopic (exact) mass is 370 g/mol. The maximum absolute atomic E-state index is 12.4. The molecule has 11 heteroatoms. The predicted octanol–water partition coefficient (Wildman–Crippen LogP) is 2.74. The maximum atomic E-state index is 12.4. The van der Waals surface area contributed by atoms with Gasteiger partial charge in [-0.05, 0) is 26.0 Å². The van der Waals surface area contributed by atoms with Gasteiger partial charge in [-0.25, -0.2) is 0 Å². The number of halogens is 2. The number of aromatic nitrogens is 2. The Kier molecular flexibility index (Phi) is 6.04. The van der Waals surface area contributed by atoms with E-state index in [0.29, 0.717) is 5.69 Å². The summed E-state index contributed by atoms with van der Waals surface area (Å²) >= 11 is 0. The van der Waals surface area contributed by atoms with Crippen LogP contribution in [0.25, 0.3) is 0 Å². The van der Waals surface area contributed by atoms with E-state index < -0.39 is 17.4 Å². The number of ether oxygens (including phenoxy) is 2. The number of carbonyl (C=O) groups excluding carboxylic acids is 1. The molecule has 9 nitrogen and oxygen atoms in total. The van der Waals surface area contributed by atoms with Crippen molar-refractivity contribution in [1.82, 2.24) is 9.78 Å². The van der Waals surface area contributed by atoms with Crippen LogP contribution in [0.3, 0.4) is 0 Å². The van der Waals surface area contributed by atoms with Crippen molar-refractivity contribution in [3.05, 3.63) is 40.2 Å². The first-order valence-electron chi connectivity index (χ1n) is 7.50. The van der Waals surface area contributed by atoms with Crippen molar-refractivity contribution in [3.63, 3.8) is 0 Å². The molecule has 0 aliphatic rings. The van der Waals surface area contributed by atoms with E-state index in [9.17, 15) is 23.7 Å². The van der Waals surface area contributed by atoms with Gasteiger partial charge in [0.05, 0.1) is 11.5 Å². The molecule has 0 unspecified atom stereocenters. The second-order valence-electron chi connectivity index (χ2n) is 5.05. The molecule has 0 fully saturated rings. The van der Waals surface area contributed by atoms with E-state index in [4.69, 9.17) is 4.74 Å². The fourth-order valence-corrected chi connectivity index (χ4v) is 2.16. The molecule has 0 saturated carbocycles. The Morgan fingerprint density at radius 1 is 1.42 bits per heavy atom. The van der Waals surface area contributed by atoms with Crippen molar-refractivity contribution in [1.29, 1.82) is 0 Å². The van der Waals surface area contributed by atoms with Gasteiger partial charge in [-0.3, -0.25) is 19.6 Å². The van der Waals surface area contributed by atoms with Crippen LogP contribution in [0, 0.1) is 17.0 Å². The molecule has 26 heavy (non-hydrogen) atoms. The van der Waals surface area contributed by atoms with Crippen LogP contribution < -0.4 is 14.8 Å². The molecule has 0 aliphatic carbocycles. The van der Waals surface area contributed by atoms with Gasteiger partial charge in [-0.1, -0.05) is 0 Å².